The molecule has 45 heavy (non-hydrogen) atoms. The fourth-order valence-electron chi connectivity index (χ4n) is 5.98. The number of carbonyl (C=O) groups excluding carboxylic acids is 3. The Bertz CT molecular complexity index is 640. The van der Waals surface area contributed by atoms with E-state index >= 15 is 0 Å². The third-order valence-corrected chi connectivity index (χ3v) is 9.23. The zero-order chi connectivity index (χ0) is 33.3. The maximum Gasteiger partial charge on any atom is 0.313 e. The van der Waals surface area contributed by atoms with Crippen LogP contribution in [0.4, 0.5) is 0 Å². The molecule has 0 aromatic carbocycles. The Labute approximate surface area is 280 Å². The topological polar surface area (TPSA) is 69.7 Å². The molecule has 0 amide bonds. The Balaban J connectivity index is 3.77. The van der Waals surface area contributed by atoms with Crippen molar-refractivity contribution in [3.63, 3.8) is 0 Å². The van der Waals surface area contributed by atoms with Gasteiger partial charge < -0.3 is 9.47 Å². The summed E-state index contributed by atoms with van der Waals surface area (Å²) in [6.45, 7) is 7.23. The van der Waals surface area contributed by atoms with E-state index in [1.165, 1.54) is 168 Å². The van der Waals surface area contributed by atoms with Crippen LogP contribution in [0.5, 0.6) is 0 Å². The van der Waals surface area contributed by atoms with Crippen LogP contribution in [0.1, 0.15) is 233 Å². The number of Topliss-reactive ketones (excluding diaryl/α,β-unsaturated/α-hetero) is 1. The van der Waals surface area contributed by atoms with Crippen LogP contribution in [-0.4, -0.2) is 23.5 Å². The van der Waals surface area contributed by atoms with Crippen LogP contribution >= 0.6 is 0 Å². The van der Waals surface area contributed by atoms with E-state index in [1.807, 2.05) is 0 Å². The minimum Gasteiger partial charge on any atom is -0.415 e. The summed E-state index contributed by atoms with van der Waals surface area (Å²) in [6.07, 6.45) is 38.4. The van der Waals surface area contributed by atoms with Crippen LogP contribution < -0.4 is 0 Å². The first-order chi connectivity index (χ1) is 21.9. The second kappa shape index (κ2) is 32.5. The van der Waals surface area contributed by atoms with Crippen molar-refractivity contribution in [2.45, 2.75) is 239 Å². The Hall–Kier alpha value is -1.39. The quantitative estimate of drug-likeness (QED) is 0.0393. The molecule has 0 aliphatic rings. The molecule has 0 N–H and O–H groups in total. The summed E-state index contributed by atoms with van der Waals surface area (Å²) in [5.74, 6) is -3.22. The van der Waals surface area contributed by atoms with Crippen LogP contribution in [-0.2, 0) is 23.9 Å². The smallest absolute Gasteiger partial charge is 0.313 e. The van der Waals surface area contributed by atoms with E-state index in [2.05, 4.69) is 13.8 Å². The SMILES string of the molecule is CCCCCCCCCCCCCCCCCC(=O)OC(C)(OC(=O)CCCCCCCCCCCCCCCCC)C(C)=O. The van der Waals surface area contributed by atoms with Crippen molar-refractivity contribution < 1.29 is 23.9 Å². The third-order valence-electron chi connectivity index (χ3n) is 9.23. The van der Waals surface area contributed by atoms with Crippen LogP contribution in [0, 0.1) is 0 Å². The highest BCUT2D eigenvalue weighted by Crippen LogP contribution is 2.20. The molecule has 0 atom stereocenters. The average molecular weight is 637 g/mol. The summed E-state index contributed by atoms with van der Waals surface area (Å²) >= 11 is 0. The average Bonchev–Trinajstić information content (AvgIpc) is 3.00. The molecule has 0 aliphatic carbocycles. The van der Waals surface area contributed by atoms with E-state index in [4.69, 9.17) is 9.47 Å². The molecular weight excluding hydrogens is 560 g/mol. The van der Waals surface area contributed by atoms with Crippen molar-refractivity contribution in [3.8, 4) is 0 Å². The van der Waals surface area contributed by atoms with E-state index in [0.29, 0.717) is 0 Å². The van der Waals surface area contributed by atoms with Gasteiger partial charge in [-0.25, -0.2) is 0 Å². The normalized spacial score (nSPS) is 11.6. The summed E-state index contributed by atoms with van der Waals surface area (Å²) < 4.78 is 10.8. The van der Waals surface area contributed by atoms with Crippen molar-refractivity contribution >= 4 is 17.7 Å². The van der Waals surface area contributed by atoms with E-state index < -0.39 is 23.5 Å². The molecule has 5 heteroatoms. The molecule has 0 aliphatic heterocycles. The van der Waals surface area contributed by atoms with Gasteiger partial charge in [-0.2, -0.15) is 0 Å². The highest BCUT2D eigenvalue weighted by molar-refractivity contribution is 5.88. The zero-order valence-corrected chi connectivity index (χ0v) is 30.7. The molecule has 0 spiro atoms. The molecule has 0 fully saturated rings. The van der Waals surface area contributed by atoms with Crippen LogP contribution in [0.15, 0.2) is 0 Å². The number of unbranched alkanes of at least 4 members (excludes halogenated alkanes) is 28. The third kappa shape index (κ3) is 29.7. The maximum absolute atomic E-state index is 12.4. The first-order valence-corrected chi connectivity index (χ1v) is 19.8. The zero-order valence-electron chi connectivity index (χ0n) is 30.7. The lowest BCUT2D eigenvalue weighted by Gasteiger charge is -2.26. The van der Waals surface area contributed by atoms with E-state index in [0.717, 1.165) is 38.5 Å². The molecule has 0 saturated carbocycles. The predicted molar refractivity (Wildman–Crippen MR) is 190 cm³/mol. The van der Waals surface area contributed by atoms with Crippen LogP contribution in [0.2, 0.25) is 0 Å². The van der Waals surface area contributed by atoms with Gasteiger partial charge in [-0.1, -0.05) is 194 Å². The molecule has 0 aromatic heterocycles. The number of carbonyl (C=O) groups is 3. The fourth-order valence-corrected chi connectivity index (χ4v) is 5.98. The molecule has 0 bridgehead atoms. The Kier molecular flexibility index (Phi) is 31.5. The number of esters is 2. The predicted octanol–water partition coefficient (Wildman–Crippen LogP) is 12.9. The van der Waals surface area contributed by atoms with Crippen LogP contribution in [0.3, 0.4) is 0 Å². The number of rotatable bonds is 35. The largest absolute Gasteiger partial charge is 0.415 e. The van der Waals surface area contributed by atoms with E-state index in [-0.39, 0.29) is 12.8 Å². The molecule has 0 radical (unpaired) electrons. The van der Waals surface area contributed by atoms with Crippen LogP contribution in [0.25, 0.3) is 0 Å². The molecule has 0 aromatic rings. The van der Waals surface area contributed by atoms with E-state index in [9.17, 15) is 14.4 Å². The second-order valence-corrected chi connectivity index (χ2v) is 13.8. The van der Waals surface area contributed by atoms with Crippen molar-refractivity contribution in [1.82, 2.24) is 0 Å². The second-order valence-electron chi connectivity index (χ2n) is 13.8. The van der Waals surface area contributed by atoms with Crippen molar-refractivity contribution in [2.24, 2.45) is 0 Å². The molecular formula is C40H76O5. The van der Waals surface area contributed by atoms with Gasteiger partial charge in [0, 0.05) is 26.7 Å². The Morgan fingerprint density at radius 3 is 0.778 bits per heavy atom. The van der Waals surface area contributed by atoms with Gasteiger partial charge in [0.05, 0.1) is 0 Å². The molecule has 0 rings (SSSR count). The van der Waals surface area contributed by atoms with Gasteiger partial charge in [0.2, 0.25) is 5.78 Å². The Morgan fingerprint density at radius 1 is 0.378 bits per heavy atom. The van der Waals surface area contributed by atoms with E-state index in [1.54, 1.807) is 0 Å². The van der Waals surface area contributed by atoms with Crippen molar-refractivity contribution in [3.05, 3.63) is 0 Å². The molecule has 266 valence electrons. The molecule has 0 heterocycles. The first-order valence-electron chi connectivity index (χ1n) is 19.8. The van der Waals surface area contributed by atoms with Gasteiger partial charge in [0.25, 0.3) is 0 Å². The highest BCUT2D eigenvalue weighted by Gasteiger charge is 2.38. The number of ether oxygens (including phenoxy) is 2. The molecule has 5 nitrogen and oxygen atoms in total. The summed E-state index contributed by atoms with van der Waals surface area (Å²) in [5, 5.41) is 0. The van der Waals surface area contributed by atoms with Gasteiger partial charge in [-0.05, 0) is 12.8 Å². The van der Waals surface area contributed by atoms with Crippen molar-refractivity contribution in [2.75, 3.05) is 0 Å². The number of ketones is 1. The molecule has 0 saturated heterocycles. The minimum absolute atomic E-state index is 0.248. The molecule has 0 unspecified atom stereocenters. The fraction of sp³-hybridized carbons (Fsp3) is 0.925. The summed E-state index contributed by atoms with van der Waals surface area (Å²) in [7, 11) is 0. The Morgan fingerprint density at radius 2 is 0.578 bits per heavy atom. The summed E-state index contributed by atoms with van der Waals surface area (Å²) in [4.78, 5) is 37.0. The minimum atomic E-state index is -1.82. The lowest BCUT2D eigenvalue weighted by molar-refractivity contribution is -0.220. The van der Waals surface area contributed by atoms with Gasteiger partial charge in [-0.3, -0.25) is 14.4 Å². The summed E-state index contributed by atoms with van der Waals surface area (Å²) in [6, 6.07) is 0. The number of hydrogen-bond acceptors (Lipinski definition) is 5. The van der Waals surface area contributed by atoms with Crippen molar-refractivity contribution in [1.29, 1.82) is 0 Å². The lowest BCUT2D eigenvalue weighted by atomic mass is 10.0. The van der Waals surface area contributed by atoms with Gasteiger partial charge in [-0.15, -0.1) is 0 Å². The maximum atomic E-state index is 12.4. The first kappa shape index (κ1) is 43.6. The number of hydrogen-bond donors (Lipinski definition) is 0. The summed E-state index contributed by atoms with van der Waals surface area (Å²) in [5.41, 5.74) is 0. The standard InChI is InChI=1S/C40H76O5/c1-5-7-9-11-13-15-17-19-21-23-25-27-29-31-33-35-38(42)44-40(4,37(3)41)45-39(43)36-34-32-30-28-26-24-22-20-18-16-14-12-10-8-6-2/h5-36H2,1-4H3. The van der Waals surface area contributed by atoms with Gasteiger partial charge >= 0.3 is 17.7 Å². The highest BCUT2D eigenvalue weighted by atomic mass is 16.7. The van der Waals surface area contributed by atoms with Gasteiger partial charge in [0.15, 0.2) is 0 Å². The lowest BCUT2D eigenvalue weighted by Crippen LogP contribution is -2.43. The van der Waals surface area contributed by atoms with Gasteiger partial charge in [0.1, 0.15) is 0 Å². The monoisotopic (exact) mass is 637 g/mol.